The summed E-state index contributed by atoms with van der Waals surface area (Å²) in [6, 6.07) is 4.08. The zero-order valence-electron chi connectivity index (χ0n) is 8.33. The molecule has 2 nitrogen and oxygen atoms in total. The summed E-state index contributed by atoms with van der Waals surface area (Å²) in [7, 11) is 0. The van der Waals surface area contributed by atoms with Crippen molar-refractivity contribution in [1.29, 1.82) is 5.26 Å². The smallest absolute Gasteiger partial charge is 0.101 e. The average molecular weight is 174 g/mol. The highest BCUT2D eigenvalue weighted by Gasteiger charge is 2.13. The second-order valence-corrected chi connectivity index (χ2v) is 4.38. The average Bonchev–Trinajstić information content (AvgIpc) is 2.02. The van der Waals surface area contributed by atoms with Gasteiger partial charge in [-0.15, -0.1) is 0 Å². The SMILES string of the molecule is CC(C)(C)Cc1ccncc1C#N. The Kier molecular flexibility index (Phi) is 2.67. The number of nitriles is 1. The summed E-state index contributed by atoms with van der Waals surface area (Å²) in [5, 5.41) is 8.83. The molecular weight excluding hydrogens is 160 g/mol. The van der Waals surface area contributed by atoms with Gasteiger partial charge in [0, 0.05) is 12.4 Å². The van der Waals surface area contributed by atoms with E-state index in [1.165, 1.54) is 0 Å². The molecule has 0 aromatic carbocycles. The Morgan fingerprint density at radius 1 is 1.46 bits per heavy atom. The lowest BCUT2D eigenvalue weighted by Gasteiger charge is -2.18. The van der Waals surface area contributed by atoms with Crippen LogP contribution in [-0.4, -0.2) is 4.98 Å². The quantitative estimate of drug-likeness (QED) is 0.656. The Bertz CT molecular complexity index is 329. The van der Waals surface area contributed by atoms with Crippen molar-refractivity contribution in [3.05, 3.63) is 29.6 Å². The zero-order valence-corrected chi connectivity index (χ0v) is 8.33. The van der Waals surface area contributed by atoms with E-state index >= 15 is 0 Å². The van der Waals surface area contributed by atoms with Crippen molar-refractivity contribution in [2.24, 2.45) is 5.41 Å². The van der Waals surface area contributed by atoms with Crippen molar-refractivity contribution < 1.29 is 0 Å². The Morgan fingerprint density at radius 3 is 2.69 bits per heavy atom. The van der Waals surface area contributed by atoms with E-state index in [9.17, 15) is 0 Å². The molecule has 0 fully saturated rings. The number of hydrogen-bond acceptors (Lipinski definition) is 2. The van der Waals surface area contributed by atoms with Gasteiger partial charge in [0.1, 0.15) is 6.07 Å². The first-order valence-corrected chi connectivity index (χ1v) is 4.36. The van der Waals surface area contributed by atoms with E-state index in [-0.39, 0.29) is 5.41 Å². The van der Waals surface area contributed by atoms with Gasteiger partial charge in [0.2, 0.25) is 0 Å². The van der Waals surface area contributed by atoms with Gasteiger partial charge in [0.25, 0.3) is 0 Å². The van der Waals surface area contributed by atoms with Crippen LogP contribution in [0.15, 0.2) is 18.5 Å². The second-order valence-electron chi connectivity index (χ2n) is 4.38. The summed E-state index contributed by atoms with van der Waals surface area (Å²) in [5.41, 5.74) is 2.00. The Balaban J connectivity index is 2.96. The molecular formula is C11H14N2. The summed E-state index contributed by atoms with van der Waals surface area (Å²) in [6.07, 6.45) is 4.28. The third-order valence-corrected chi connectivity index (χ3v) is 1.75. The Hall–Kier alpha value is -1.36. The van der Waals surface area contributed by atoms with Crippen LogP contribution in [0.4, 0.5) is 0 Å². The minimum Gasteiger partial charge on any atom is -0.263 e. The van der Waals surface area contributed by atoms with E-state index in [1.807, 2.05) is 6.07 Å². The van der Waals surface area contributed by atoms with E-state index < -0.39 is 0 Å². The lowest BCUT2D eigenvalue weighted by molar-refractivity contribution is 0.411. The maximum Gasteiger partial charge on any atom is 0.101 e. The summed E-state index contributed by atoms with van der Waals surface area (Å²) in [6.45, 7) is 6.48. The molecule has 1 rings (SSSR count). The third-order valence-electron chi connectivity index (χ3n) is 1.75. The van der Waals surface area contributed by atoms with Crippen LogP contribution >= 0.6 is 0 Å². The summed E-state index contributed by atoms with van der Waals surface area (Å²) in [4.78, 5) is 3.92. The minimum atomic E-state index is 0.215. The first-order chi connectivity index (χ1) is 6.03. The van der Waals surface area contributed by atoms with Crippen molar-refractivity contribution in [2.75, 3.05) is 0 Å². The molecule has 0 bridgehead atoms. The van der Waals surface area contributed by atoms with Gasteiger partial charge in [-0.2, -0.15) is 5.26 Å². The summed E-state index contributed by atoms with van der Waals surface area (Å²) < 4.78 is 0. The van der Waals surface area contributed by atoms with E-state index in [0.29, 0.717) is 5.56 Å². The molecule has 0 atom stereocenters. The molecule has 0 aliphatic rings. The van der Waals surface area contributed by atoms with Crippen LogP contribution in [-0.2, 0) is 6.42 Å². The molecule has 1 heterocycles. The molecule has 1 aromatic rings. The molecule has 0 saturated heterocycles. The van der Waals surface area contributed by atoms with Gasteiger partial charge >= 0.3 is 0 Å². The standard InChI is InChI=1S/C11H14N2/c1-11(2,3)6-9-4-5-13-8-10(9)7-12/h4-5,8H,6H2,1-3H3. The highest BCUT2D eigenvalue weighted by atomic mass is 14.6. The van der Waals surface area contributed by atoms with Crippen molar-refractivity contribution >= 4 is 0 Å². The number of aromatic nitrogens is 1. The van der Waals surface area contributed by atoms with Gasteiger partial charge in [-0.25, -0.2) is 0 Å². The fourth-order valence-electron chi connectivity index (χ4n) is 1.25. The molecule has 0 aliphatic heterocycles. The monoisotopic (exact) mass is 174 g/mol. The lowest BCUT2D eigenvalue weighted by atomic mass is 9.87. The van der Waals surface area contributed by atoms with E-state index in [4.69, 9.17) is 5.26 Å². The molecule has 0 spiro atoms. The highest BCUT2D eigenvalue weighted by Crippen LogP contribution is 2.21. The predicted octanol–water partition coefficient (Wildman–Crippen LogP) is 2.54. The van der Waals surface area contributed by atoms with Gasteiger partial charge in [-0.3, -0.25) is 4.98 Å². The van der Waals surface area contributed by atoms with Gasteiger partial charge in [-0.05, 0) is 23.5 Å². The van der Waals surface area contributed by atoms with Crippen molar-refractivity contribution in [3.63, 3.8) is 0 Å². The van der Waals surface area contributed by atoms with Crippen LogP contribution in [0.1, 0.15) is 31.9 Å². The molecule has 0 amide bonds. The van der Waals surface area contributed by atoms with Crippen molar-refractivity contribution in [3.8, 4) is 6.07 Å². The molecule has 2 heteroatoms. The second kappa shape index (κ2) is 3.57. The summed E-state index contributed by atoms with van der Waals surface area (Å²) in [5.74, 6) is 0. The van der Waals surface area contributed by atoms with Crippen molar-refractivity contribution in [2.45, 2.75) is 27.2 Å². The molecule has 0 N–H and O–H groups in total. The Labute approximate surface area is 79.2 Å². The maximum atomic E-state index is 8.83. The molecule has 0 aliphatic carbocycles. The Morgan fingerprint density at radius 2 is 2.15 bits per heavy atom. The highest BCUT2D eigenvalue weighted by molar-refractivity contribution is 5.35. The van der Waals surface area contributed by atoms with Crippen LogP contribution in [0, 0.1) is 16.7 Å². The number of rotatable bonds is 1. The molecule has 13 heavy (non-hydrogen) atoms. The van der Waals surface area contributed by atoms with Crippen LogP contribution < -0.4 is 0 Å². The largest absolute Gasteiger partial charge is 0.263 e. The van der Waals surface area contributed by atoms with Crippen molar-refractivity contribution in [1.82, 2.24) is 4.98 Å². The van der Waals surface area contributed by atoms with E-state index in [1.54, 1.807) is 12.4 Å². The van der Waals surface area contributed by atoms with Gasteiger partial charge in [0.15, 0.2) is 0 Å². The zero-order chi connectivity index (χ0) is 9.90. The lowest BCUT2D eigenvalue weighted by Crippen LogP contribution is -2.10. The first kappa shape index (κ1) is 9.73. The molecule has 0 saturated carbocycles. The number of pyridine rings is 1. The van der Waals surface area contributed by atoms with E-state index in [0.717, 1.165) is 12.0 Å². The molecule has 68 valence electrons. The normalized spacial score (nSPS) is 10.9. The van der Waals surface area contributed by atoms with Crippen LogP contribution in [0.25, 0.3) is 0 Å². The topological polar surface area (TPSA) is 36.7 Å². The predicted molar refractivity (Wildman–Crippen MR) is 52.1 cm³/mol. The fourth-order valence-corrected chi connectivity index (χ4v) is 1.25. The first-order valence-electron chi connectivity index (χ1n) is 4.36. The maximum absolute atomic E-state index is 8.83. The minimum absolute atomic E-state index is 0.215. The molecule has 0 unspecified atom stereocenters. The van der Waals surface area contributed by atoms with Crippen LogP contribution in [0.5, 0.6) is 0 Å². The molecule has 0 radical (unpaired) electrons. The van der Waals surface area contributed by atoms with Crippen LogP contribution in [0.2, 0.25) is 0 Å². The number of hydrogen-bond donors (Lipinski definition) is 0. The third kappa shape index (κ3) is 2.87. The molecule has 1 aromatic heterocycles. The fraction of sp³-hybridized carbons (Fsp3) is 0.455. The summed E-state index contributed by atoms with van der Waals surface area (Å²) >= 11 is 0. The van der Waals surface area contributed by atoms with Crippen LogP contribution in [0.3, 0.4) is 0 Å². The van der Waals surface area contributed by atoms with Gasteiger partial charge in [-0.1, -0.05) is 20.8 Å². The van der Waals surface area contributed by atoms with E-state index in [2.05, 4.69) is 31.8 Å². The number of nitrogens with zero attached hydrogens (tertiary/aromatic N) is 2. The van der Waals surface area contributed by atoms with Gasteiger partial charge in [0.05, 0.1) is 5.56 Å². The van der Waals surface area contributed by atoms with Gasteiger partial charge < -0.3 is 0 Å².